The average Bonchev–Trinajstić information content (AvgIpc) is 2.84. The van der Waals surface area contributed by atoms with Gasteiger partial charge in [-0.25, -0.2) is 0 Å². The van der Waals surface area contributed by atoms with Crippen LogP contribution >= 0.6 is 0 Å². The molecule has 0 aromatic heterocycles. The Morgan fingerprint density at radius 2 is 1.09 bits per heavy atom. The number of anilines is 2. The van der Waals surface area contributed by atoms with Crippen LogP contribution in [0.3, 0.4) is 0 Å². The van der Waals surface area contributed by atoms with Crippen molar-refractivity contribution in [3.63, 3.8) is 0 Å². The molecule has 0 heterocycles. The van der Waals surface area contributed by atoms with E-state index in [9.17, 15) is 9.59 Å². The molecule has 0 radical (unpaired) electrons. The molecule has 0 atom stereocenters. The minimum atomic E-state index is -0.272. The van der Waals surface area contributed by atoms with Gasteiger partial charge in [0.2, 0.25) is 0 Å². The van der Waals surface area contributed by atoms with Crippen molar-refractivity contribution < 1.29 is 19.1 Å². The summed E-state index contributed by atoms with van der Waals surface area (Å²) in [5.74, 6) is 2.21. The van der Waals surface area contributed by atoms with Crippen LogP contribution in [0.15, 0.2) is 97.1 Å². The Bertz CT molecular complexity index is 1320. The van der Waals surface area contributed by atoms with Gasteiger partial charge < -0.3 is 20.1 Å². The van der Waals surface area contributed by atoms with Gasteiger partial charge in [0.1, 0.15) is 23.0 Å². The van der Waals surface area contributed by atoms with Gasteiger partial charge in [0.05, 0.1) is 0 Å². The number of ether oxygens (including phenoxy) is 2. The molecule has 1 amide bonds. The number of nitrogens with one attached hydrogen (secondary N) is 2. The molecule has 0 saturated carbocycles. The SMILES string of the molecule is CNc1cccc(Oc2cccc(Oc3cccc(NC(=O)c4ccc(C(C)=O)cc4)c3)c2)c1. The fourth-order valence-electron chi connectivity index (χ4n) is 3.29. The van der Waals surface area contributed by atoms with Gasteiger partial charge in [-0.2, -0.15) is 0 Å². The predicted molar refractivity (Wildman–Crippen MR) is 133 cm³/mol. The van der Waals surface area contributed by atoms with Crippen LogP contribution in [0.5, 0.6) is 23.0 Å². The van der Waals surface area contributed by atoms with Crippen molar-refractivity contribution in [1.82, 2.24) is 0 Å². The highest BCUT2D eigenvalue weighted by Gasteiger charge is 2.09. The van der Waals surface area contributed by atoms with E-state index in [0.717, 1.165) is 5.69 Å². The highest BCUT2D eigenvalue weighted by atomic mass is 16.5. The average molecular weight is 453 g/mol. The lowest BCUT2D eigenvalue weighted by molar-refractivity contribution is 0.100. The second kappa shape index (κ2) is 10.4. The maximum absolute atomic E-state index is 12.6. The lowest BCUT2D eigenvalue weighted by Crippen LogP contribution is -2.12. The first-order valence-electron chi connectivity index (χ1n) is 10.8. The third kappa shape index (κ3) is 5.81. The van der Waals surface area contributed by atoms with Crippen molar-refractivity contribution >= 4 is 23.1 Å². The highest BCUT2D eigenvalue weighted by Crippen LogP contribution is 2.30. The summed E-state index contributed by atoms with van der Waals surface area (Å²) in [5.41, 5.74) is 2.57. The summed E-state index contributed by atoms with van der Waals surface area (Å²) in [4.78, 5) is 24.0. The number of rotatable bonds is 8. The van der Waals surface area contributed by atoms with E-state index >= 15 is 0 Å². The topological polar surface area (TPSA) is 76.7 Å². The van der Waals surface area contributed by atoms with E-state index in [1.165, 1.54) is 6.92 Å². The van der Waals surface area contributed by atoms with Crippen LogP contribution in [0.4, 0.5) is 11.4 Å². The molecule has 0 aliphatic heterocycles. The van der Waals surface area contributed by atoms with Crippen LogP contribution < -0.4 is 20.1 Å². The van der Waals surface area contributed by atoms with E-state index in [4.69, 9.17) is 9.47 Å². The molecular formula is C28H24N2O4. The summed E-state index contributed by atoms with van der Waals surface area (Å²) >= 11 is 0. The standard InChI is InChI=1S/C28H24N2O4/c1-19(31)20-12-14-21(15-13-20)28(32)30-23-7-4-9-25(17-23)34-27-11-5-10-26(18-27)33-24-8-3-6-22(16-24)29-2/h3-18,29H,1-2H3,(H,30,32). The predicted octanol–water partition coefficient (Wildman–Crippen LogP) is 6.77. The molecule has 0 aliphatic rings. The molecule has 4 aromatic rings. The Morgan fingerprint density at radius 3 is 1.65 bits per heavy atom. The smallest absolute Gasteiger partial charge is 0.255 e. The fourth-order valence-corrected chi connectivity index (χ4v) is 3.29. The minimum absolute atomic E-state index is 0.0437. The molecule has 0 unspecified atom stereocenters. The zero-order valence-corrected chi connectivity index (χ0v) is 18.9. The minimum Gasteiger partial charge on any atom is -0.457 e. The highest BCUT2D eigenvalue weighted by molar-refractivity contribution is 6.05. The van der Waals surface area contributed by atoms with Crippen LogP contribution in [-0.2, 0) is 0 Å². The number of hydrogen-bond acceptors (Lipinski definition) is 5. The van der Waals surface area contributed by atoms with Gasteiger partial charge in [-0.3, -0.25) is 9.59 Å². The Balaban J connectivity index is 1.43. The van der Waals surface area contributed by atoms with E-state index in [2.05, 4.69) is 10.6 Å². The molecule has 6 nitrogen and oxygen atoms in total. The molecule has 0 saturated heterocycles. The number of amides is 1. The van der Waals surface area contributed by atoms with Gasteiger partial charge in [-0.05, 0) is 55.5 Å². The van der Waals surface area contributed by atoms with E-state index < -0.39 is 0 Å². The van der Waals surface area contributed by atoms with Crippen molar-refractivity contribution in [2.75, 3.05) is 17.7 Å². The summed E-state index contributed by atoms with van der Waals surface area (Å²) in [6, 6.07) is 28.7. The summed E-state index contributed by atoms with van der Waals surface area (Å²) in [6.45, 7) is 1.49. The Hall–Kier alpha value is -4.58. The number of carbonyl (C=O) groups excluding carboxylic acids is 2. The van der Waals surface area contributed by atoms with Crippen LogP contribution in [0.2, 0.25) is 0 Å². The number of benzene rings is 4. The zero-order chi connectivity index (χ0) is 23.9. The number of Topliss-reactive ketones (excluding diaryl/α,β-unsaturated/α-hetero) is 1. The van der Waals surface area contributed by atoms with Gasteiger partial charge in [0, 0.05) is 47.7 Å². The Labute approximate surface area is 198 Å². The van der Waals surface area contributed by atoms with Crippen LogP contribution in [0.1, 0.15) is 27.6 Å². The normalized spacial score (nSPS) is 10.3. The van der Waals surface area contributed by atoms with Crippen LogP contribution in [-0.4, -0.2) is 18.7 Å². The molecule has 6 heteroatoms. The van der Waals surface area contributed by atoms with E-state index in [1.807, 2.05) is 49.5 Å². The van der Waals surface area contributed by atoms with E-state index in [-0.39, 0.29) is 11.7 Å². The fraction of sp³-hybridized carbons (Fsp3) is 0.0714. The van der Waals surface area contributed by atoms with Gasteiger partial charge >= 0.3 is 0 Å². The third-order valence-corrected chi connectivity index (χ3v) is 5.05. The summed E-state index contributed by atoms with van der Waals surface area (Å²) in [7, 11) is 1.86. The number of hydrogen-bond donors (Lipinski definition) is 2. The second-order valence-electron chi connectivity index (χ2n) is 7.57. The van der Waals surface area contributed by atoms with Crippen molar-refractivity contribution in [3.8, 4) is 23.0 Å². The quantitative estimate of drug-likeness (QED) is 0.289. The first kappa shape index (κ1) is 22.6. The Kier molecular flexibility index (Phi) is 6.89. The molecule has 34 heavy (non-hydrogen) atoms. The van der Waals surface area contributed by atoms with Crippen molar-refractivity contribution in [1.29, 1.82) is 0 Å². The molecule has 0 spiro atoms. The summed E-state index contributed by atoms with van der Waals surface area (Å²) in [5, 5.41) is 5.94. The van der Waals surface area contributed by atoms with Crippen molar-refractivity contribution in [2.24, 2.45) is 0 Å². The van der Waals surface area contributed by atoms with Gasteiger partial charge in [-0.1, -0.05) is 30.3 Å². The zero-order valence-electron chi connectivity index (χ0n) is 18.9. The van der Waals surface area contributed by atoms with E-state index in [0.29, 0.717) is 39.8 Å². The molecule has 4 rings (SSSR count). The van der Waals surface area contributed by atoms with Crippen molar-refractivity contribution in [3.05, 3.63) is 108 Å². The monoisotopic (exact) mass is 452 g/mol. The lowest BCUT2D eigenvalue weighted by atomic mass is 10.1. The number of ketones is 1. The van der Waals surface area contributed by atoms with Gasteiger partial charge in [0.25, 0.3) is 5.91 Å². The molecule has 0 bridgehead atoms. The molecular weight excluding hydrogens is 428 g/mol. The lowest BCUT2D eigenvalue weighted by Gasteiger charge is -2.11. The molecule has 0 aliphatic carbocycles. The summed E-state index contributed by atoms with van der Waals surface area (Å²) in [6.07, 6.45) is 0. The first-order valence-corrected chi connectivity index (χ1v) is 10.8. The number of carbonyl (C=O) groups is 2. The third-order valence-electron chi connectivity index (χ3n) is 5.05. The molecule has 4 aromatic carbocycles. The maximum Gasteiger partial charge on any atom is 0.255 e. The molecule has 2 N–H and O–H groups in total. The van der Waals surface area contributed by atoms with Gasteiger partial charge in [-0.15, -0.1) is 0 Å². The van der Waals surface area contributed by atoms with Crippen LogP contribution in [0, 0.1) is 0 Å². The largest absolute Gasteiger partial charge is 0.457 e. The maximum atomic E-state index is 12.6. The first-order chi connectivity index (χ1) is 16.5. The van der Waals surface area contributed by atoms with Crippen LogP contribution in [0.25, 0.3) is 0 Å². The molecule has 170 valence electrons. The second-order valence-corrected chi connectivity index (χ2v) is 7.57. The Morgan fingerprint density at radius 1 is 0.618 bits per heavy atom. The molecule has 0 fully saturated rings. The summed E-state index contributed by atoms with van der Waals surface area (Å²) < 4.78 is 11.9. The van der Waals surface area contributed by atoms with Gasteiger partial charge in [0.15, 0.2) is 5.78 Å². The van der Waals surface area contributed by atoms with Crippen molar-refractivity contribution in [2.45, 2.75) is 6.92 Å². The van der Waals surface area contributed by atoms with E-state index in [1.54, 1.807) is 54.6 Å².